The largest absolute Gasteiger partial charge is 0.339 e. The van der Waals surface area contributed by atoms with Gasteiger partial charge in [0.2, 0.25) is 11.9 Å². The normalized spacial score (nSPS) is 20.0. The Balaban J connectivity index is 1.60. The van der Waals surface area contributed by atoms with Crippen LogP contribution in [0.1, 0.15) is 44.0 Å². The molecule has 2 aliphatic rings. The zero-order chi connectivity index (χ0) is 17.1. The molecular weight excluding hydrogens is 302 g/mol. The Bertz CT molecular complexity index is 639. The molecule has 0 N–H and O–H groups in total. The monoisotopic (exact) mass is 327 g/mol. The Morgan fingerprint density at radius 2 is 1.92 bits per heavy atom. The summed E-state index contributed by atoms with van der Waals surface area (Å²) in [4.78, 5) is 25.5. The van der Waals surface area contributed by atoms with Crippen LogP contribution in [0.2, 0.25) is 0 Å². The number of hydrogen-bond acceptors (Lipinski definition) is 5. The van der Waals surface area contributed by atoms with Crippen LogP contribution in [-0.4, -0.2) is 47.0 Å². The summed E-state index contributed by atoms with van der Waals surface area (Å²) in [6.07, 6.45) is 4.92. The zero-order valence-corrected chi connectivity index (χ0v) is 14.5. The van der Waals surface area contributed by atoms with Crippen molar-refractivity contribution in [1.29, 1.82) is 5.26 Å². The highest BCUT2D eigenvalue weighted by Crippen LogP contribution is 2.32. The number of anilines is 1. The van der Waals surface area contributed by atoms with Gasteiger partial charge < -0.3 is 9.80 Å². The van der Waals surface area contributed by atoms with Gasteiger partial charge in [-0.15, -0.1) is 0 Å². The lowest BCUT2D eigenvalue weighted by atomic mass is 9.91. The molecule has 3 rings (SSSR count). The van der Waals surface area contributed by atoms with Crippen molar-refractivity contribution in [2.75, 3.05) is 31.1 Å². The van der Waals surface area contributed by atoms with Crippen LogP contribution in [-0.2, 0) is 4.79 Å². The first-order valence-electron chi connectivity index (χ1n) is 8.88. The van der Waals surface area contributed by atoms with Gasteiger partial charge in [0.1, 0.15) is 11.8 Å². The van der Waals surface area contributed by atoms with Gasteiger partial charge in [-0.05, 0) is 31.7 Å². The molecule has 1 unspecified atom stereocenters. The summed E-state index contributed by atoms with van der Waals surface area (Å²) in [7, 11) is 0. The second-order valence-corrected chi connectivity index (χ2v) is 6.95. The number of hydrogen-bond donors (Lipinski definition) is 0. The number of carbonyl (C=O) groups is 1. The first kappa shape index (κ1) is 16.7. The van der Waals surface area contributed by atoms with Crippen LogP contribution in [0.4, 0.5) is 5.95 Å². The van der Waals surface area contributed by atoms with Crippen molar-refractivity contribution in [3.63, 3.8) is 0 Å². The van der Waals surface area contributed by atoms with Crippen molar-refractivity contribution in [2.45, 2.75) is 39.5 Å². The smallest absolute Gasteiger partial charge is 0.226 e. The van der Waals surface area contributed by atoms with Crippen molar-refractivity contribution >= 4 is 11.9 Å². The summed E-state index contributed by atoms with van der Waals surface area (Å²) >= 11 is 0. The van der Waals surface area contributed by atoms with Crippen molar-refractivity contribution in [1.82, 2.24) is 14.9 Å². The van der Waals surface area contributed by atoms with E-state index >= 15 is 0 Å². The minimum atomic E-state index is 0.138. The van der Waals surface area contributed by atoms with E-state index in [4.69, 9.17) is 5.26 Å². The Labute approximate surface area is 143 Å². The molecule has 0 spiro atoms. The van der Waals surface area contributed by atoms with Crippen LogP contribution < -0.4 is 4.90 Å². The molecule has 24 heavy (non-hydrogen) atoms. The SMILES string of the molecule is Cc1cc(C#N)nc(N2CCN(C(=O)C(C)C3CCCC3)CC2)n1. The molecule has 1 atom stereocenters. The maximum Gasteiger partial charge on any atom is 0.226 e. The molecule has 1 saturated heterocycles. The van der Waals surface area contributed by atoms with E-state index in [9.17, 15) is 4.79 Å². The van der Waals surface area contributed by atoms with Crippen LogP contribution in [0.3, 0.4) is 0 Å². The van der Waals surface area contributed by atoms with Crippen LogP contribution in [0.15, 0.2) is 6.07 Å². The van der Waals surface area contributed by atoms with Gasteiger partial charge in [-0.3, -0.25) is 4.79 Å². The third kappa shape index (κ3) is 3.50. The van der Waals surface area contributed by atoms with E-state index in [1.165, 1.54) is 25.7 Å². The molecule has 0 bridgehead atoms. The lowest BCUT2D eigenvalue weighted by molar-refractivity contribution is -0.137. The number of aromatic nitrogens is 2. The third-order valence-electron chi connectivity index (χ3n) is 5.33. The van der Waals surface area contributed by atoms with Gasteiger partial charge in [0.25, 0.3) is 0 Å². The standard InChI is InChI=1S/C18H25N5O/c1-13-11-16(12-19)21-18(20-13)23-9-7-22(8-10-23)17(24)14(2)15-5-3-4-6-15/h11,14-15H,3-10H2,1-2H3. The molecule has 1 aromatic rings. The van der Waals surface area contributed by atoms with Crippen molar-refractivity contribution in [2.24, 2.45) is 11.8 Å². The number of piperazine rings is 1. The van der Waals surface area contributed by atoms with Crippen molar-refractivity contribution in [3.8, 4) is 6.07 Å². The first-order chi connectivity index (χ1) is 11.6. The van der Waals surface area contributed by atoms with Gasteiger partial charge in [-0.1, -0.05) is 19.8 Å². The summed E-state index contributed by atoms with van der Waals surface area (Å²) < 4.78 is 0. The van der Waals surface area contributed by atoms with E-state index < -0.39 is 0 Å². The molecule has 1 aliphatic carbocycles. The number of carbonyl (C=O) groups excluding carboxylic acids is 1. The molecule has 2 heterocycles. The quantitative estimate of drug-likeness (QED) is 0.850. The molecule has 0 aromatic carbocycles. The first-order valence-corrected chi connectivity index (χ1v) is 8.88. The van der Waals surface area contributed by atoms with Crippen molar-refractivity contribution in [3.05, 3.63) is 17.5 Å². The molecule has 1 amide bonds. The van der Waals surface area contributed by atoms with Gasteiger partial charge in [0, 0.05) is 37.8 Å². The third-order valence-corrected chi connectivity index (χ3v) is 5.33. The number of nitriles is 1. The van der Waals surface area contributed by atoms with Gasteiger partial charge in [0.05, 0.1) is 0 Å². The summed E-state index contributed by atoms with van der Waals surface area (Å²) in [5.41, 5.74) is 1.19. The Morgan fingerprint density at radius 1 is 1.25 bits per heavy atom. The lowest BCUT2D eigenvalue weighted by Crippen LogP contribution is -2.51. The minimum Gasteiger partial charge on any atom is -0.339 e. The van der Waals surface area contributed by atoms with Gasteiger partial charge >= 0.3 is 0 Å². The molecule has 1 aliphatic heterocycles. The number of nitrogens with zero attached hydrogens (tertiary/aromatic N) is 5. The summed E-state index contributed by atoms with van der Waals surface area (Å²) in [5, 5.41) is 9.05. The molecule has 6 nitrogen and oxygen atoms in total. The van der Waals surface area contributed by atoms with E-state index in [2.05, 4.69) is 27.9 Å². The van der Waals surface area contributed by atoms with Crippen molar-refractivity contribution < 1.29 is 4.79 Å². The topological polar surface area (TPSA) is 73.1 Å². The predicted molar refractivity (Wildman–Crippen MR) is 91.4 cm³/mol. The zero-order valence-electron chi connectivity index (χ0n) is 14.5. The average molecular weight is 327 g/mol. The Morgan fingerprint density at radius 3 is 2.54 bits per heavy atom. The minimum absolute atomic E-state index is 0.138. The molecule has 1 aromatic heterocycles. The average Bonchev–Trinajstić information content (AvgIpc) is 3.14. The number of rotatable bonds is 3. The van der Waals surface area contributed by atoms with E-state index in [1.54, 1.807) is 6.07 Å². The highest BCUT2D eigenvalue weighted by atomic mass is 16.2. The molecule has 2 fully saturated rings. The van der Waals surface area contributed by atoms with Gasteiger partial charge in [-0.2, -0.15) is 5.26 Å². The number of aryl methyl sites for hydroxylation is 1. The fraction of sp³-hybridized carbons (Fsp3) is 0.667. The van der Waals surface area contributed by atoms with E-state index in [0.717, 1.165) is 18.8 Å². The van der Waals surface area contributed by atoms with Crippen LogP contribution in [0.5, 0.6) is 0 Å². The lowest BCUT2D eigenvalue weighted by Gasteiger charge is -2.36. The Kier molecular flexibility index (Phi) is 4.98. The van der Waals surface area contributed by atoms with E-state index in [0.29, 0.717) is 36.6 Å². The fourth-order valence-electron chi connectivity index (χ4n) is 3.83. The summed E-state index contributed by atoms with van der Waals surface area (Å²) in [6, 6.07) is 3.77. The predicted octanol–water partition coefficient (Wildman–Crippen LogP) is 2.13. The number of amides is 1. The van der Waals surface area contributed by atoms with E-state index in [-0.39, 0.29) is 5.92 Å². The van der Waals surface area contributed by atoms with Crippen LogP contribution in [0, 0.1) is 30.1 Å². The fourth-order valence-corrected chi connectivity index (χ4v) is 3.83. The highest BCUT2D eigenvalue weighted by Gasteiger charge is 2.31. The second kappa shape index (κ2) is 7.16. The molecule has 1 saturated carbocycles. The molecule has 128 valence electrons. The van der Waals surface area contributed by atoms with Crippen LogP contribution in [0.25, 0.3) is 0 Å². The second-order valence-electron chi connectivity index (χ2n) is 6.95. The molecule has 0 radical (unpaired) electrons. The summed E-state index contributed by atoms with van der Waals surface area (Å²) in [5.74, 6) is 1.60. The van der Waals surface area contributed by atoms with Gasteiger partial charge in [-0.25, -0.2) is 9.97 Å². The molecule has 6 heteroatoms. The highest BCUT2D eigenvalue weighted by molar-refractivity contribution is 5.79. The maximum absolute atomic E-state index is 12.7. The molecular formula is C18H25N5O. The maximum atomic E-state index is 12.7. The summed E-state index contributed by atoms with van der Waals surface area (Å²) in [6.45, 7) is 6.81. The van der Waals surface area contributed by atoms with Gasteiger partial charge in [0.15, 0.2) is 0 Å². The Hall–Kier alpha value is -2.16. The van der Waals surface area contributed by atoms with E-state index in [1.807, 2.05) is 11.8 Å². The van der Waals surface area contributed by atoms with Crippen LogP contribution >= 0.6 is 0 Å².